The summed E-state index contributed by atoms with van der Waals surface area (Å²) in [7, 11) is 0. The van der Waals surface area contributed by atoms with E-state index in [0.717, 1.165) is 38.5 Å². The largest absolute Gasteiger partial charge is 0.420 e. The molecule has 1 saturated heterocycles. The number of carbonyl (C=O) groups is 2. The molecule has 0 radical (unpaired) electrons. The molecule has 0 N–H and O–H groups in total. The highest BCUT2D eigenvalue weighted by atomic mass is 17.4. The van der Waals surface area contributed by atoms with Gasteiger partial charge in [0.05, 0.1) is 5.92 Å². The van der Waals surface area contributed by atoms with Gasteiger partial charge < -0.3 is 0 Å². The lowest BCUT2D eigenvalue weighted by Gasteiger charge is -2.36. The highest BCUT2D eigenvalue weighted by Gasteiger charge is 2.59. The Balaban J connectivity index is 2.58. The fourth-order valence-electron chi connectivity index (χ4n) is 3.51. The minimum atomic E-state index is -1.41. The molecule has 0 aromatic rings. The monoisotopic (exact) mass is 428 g/mol. The summed E-state index contributed by atoms with van der Waals surface area (Å²) in [4.78, 5) is 44.9. The molecule has 0 amide bonds. The molecular formula is C24H44O6. The molecule has 176 valence electrons. The fraction of sp³-hybridized carbons (Fsp3) is 0.917. The number of hydrogen-bond acceptors (Lipinski definition) is 6. The van der Waals surface area contributed by atoms with Crippen LogP contribution in [0.3, 0.4) is 0 Å². The minimum absolute atomic E-state index is 0.275. The third kappa shape index (κ3) is 8.54. The molecule has 30 heavy (non-hydrogen) atoms. The number of rotatable bonds is 14. The van der Waals surface area contributed by atoms with Crippen LogP contribution in [-0.4, -0.2) is 17.7 Å². The van der Waals surface area contributed by atoms with Crippen molar-refractivity contribution in [2.45, 2.75) is 113 Å². The van der Waals surface area contributed by atoms with Crippen molar-refractivity contribution in [1.29, 1.82) is 0 Å². The lowest BCUT2D eigenvalue weighted by Crippen LogP contribution is -2.37. The lowest BCUT2D eigenvalue weighted by atomic mass is 9.69. The molecule has 0 aliphatic carbocycles. The van der Waals surface area contributed by atoms with Crippen LogP contribution in [0.25, 0.3) is 0 Å². The van der Waals surface area contributed by atoms with Gasteiger partial charge in [-0.3, -0.25) is 0 Å². The molecule has 0 aromatic heterocycles. The molecule has 1 atom stereocenters. The highest BCUT2D eigenvalue weighted by Crippen LogP contribution is 2.40. The Morgan fingerprint density at radius 2 is 1.30 bits per heavy atom. The average molecular weight is 429 g/mol. The molecule has 0 spiro atoms. The van der Waals surface area contributed by atoms with Gasteiger partial charge in [-0.1, -0.05) is 87.5 Å². The van der Waals surface area contributed by atoms with Gasteiger partial charge in [0, 0.05) is 6.42 Å². The van der Waals surface area contributed by atoms with Crippen LogP contribution in [0.2, 0.25) is 0 Å². The first kappa shape index (κ1) is 26.9. The molecule has 1 heterocycles. The van der Waals surface area contributed by atoms with Crippen molar-refractivity contribution in [3.05, 3.63) is 0 Å². The summed E-state index contributed by atoms with van der Waals surface area (Å²) in [6.07, 6.45) is 7.06. The highest BCUT2D eigenvalue weighted by molar-refractivity contribution is 5.80. The first-order chi connectivity index (χ1) is 13.9. The summed E-state index contributed by atoms with van der Waals surface area (Å²) >= 11 is 0. The zero-order valence-electron chi connectivity index (χ0n) is 20.4. The van der Waals surface area contributed by atoms with E-state index in [-0.39, 0.29) is 17.3 Å². The second kappa shape index (κ2) is 12.0. The Labute approximate surface area is 183 Å². The van der Waals surface area contributed by atoms with Crippen LogP contribution in [0.5, 0.6) is 0 Å². The van der Waals surface area contributed by atoms with E-state index >= 15 is 0 Å². The van der Waals surface area contributed by atoms with Gasteiger partial charge in [0.2, 0.25) is 0 Å². The van der Waals surface area contributed by atoms with E-state index < -0.39 is 17.7 Å². The van der Waals surface area contributed by atoms with E-state index in [1.807, 2.05) is 0 Å². The van der Waals surface area contributed by atoms with Crippen LogP contribution >= 0.6 is 0 Å². The normalized spacial score (nSPS) is 16.8. The maximum atomic E-state index is 12.8. The quantitative estimate of drug-likeness (QED) is 0.138. The molecule has 1 aliphatic heterocycles. The molecule has 6 heteroatoms. The fourth-order valence-corrected chi connectivity index (χ4v) is 3.51. The van der Waals surface area contributed by atoms with E-state index in [0.29, 0.717) is 24.7 Å². The van der Waals surface area contributed by atoms with Crippen molar-refractivity contribution >= 4 is 11.9 Å². The van der Waals surface area contributed by atoms with E-state index in [1.54, 1.807) is 0 Å². The van der Waals surface area contributed by atoms with Crippen molar-refractivity contribution in [3.63, 3.8) is 0 Å². The van der Waals surface area contributed by atoms with Crippen LogP contribution < -0.4 is 0 Å². The molecule has 1 rings (SSSR count). The van der Waals surface area contributed by atoms with Gasteiger partial charge in [0.15, 0.2) is 0 Å². The average Bonchev–Trinajstić information content (AvgIpc) is 3.43. The summed E-state index contributed by atoms with van der Waals surface area (Å²) in [5, 5.41) is 0. The van der Waals surface area contributed by atoms with E-state index in [2.05, 4.69) is 55.4 Å². The molecule has 1 fully saturated rings. The van der Waals surface area contributed by atoms with Gasteiger partial charge in [-0.25, -0.2) is 19.4 Å². The van der Waals surface area contributed by atoms with Gasteiger partial charge in [0.1, 0.15) is 0 Å². The molecular weight excluding hydrogens is 384 g/mol. The van der Waals surface area contributed by atoms with Crippen molar-refractivity contribution in [3.8, 4) is 0 Å². The number of hydrogen-bond donors (Lipinski definition) is 0. The summed E-state index contributed by atoms with van der Waals surface area (Å²) in [5.74, 6) is -1.51. The van der Waals surface area contributed by atoms with Gasteiger partial charge in [-0.2, -0.15) is 9.78 Å². The first-order valence-electron chi connectivity index (χ1n) is 11.7. The summed E-state index contributed by atoms with van der Waals surface area (Å²) < 4.78 is 0. The lowest BCUT2D eigenvalue weighted by molar-refractivity contribution is -0.269. The van der Waals surface area contributed by atoms with Gasteiger partial charge in [0.25, 0.3) is 0 Å². The Hall–Kier alpha value is -1.14. The van der Waals surface area contributed by atoms with E-state index in [1.165, 1.54) is 0 Å². The molecule has 1 aliphatic rings. The zero-order chi connectivity index (χ0) is 22.9. The van der Waals surface area contributed by atoms with Gasteiger partial charge >= 0.3 is 17.7 Å². The molecule has 6 nitrogen and oxygen atoms in total. The van der Waals surface area contributed by atoms with Crippen LogP contribution in [0.1, 0.15) is 107 Å². The third-order valence-corrected chi connectivity index (χ3v) is 6.53. The topological polar surface area (TPSA) is 77.7 Å². The Kier molecular flexibility index (Phi) is 10.8. The Bertz CT molecular complexity index is 534. The zero-order valence-corrected chi connectivity index (χ0v) is 20.4. The van der Waals surface area contributed by atoms with Crippen molar-refractivity contribution in [1.82, 2.24) is 0 Å². The van der Waals surface area contributed by atoms with Crippen molar-refractivity contribution < 1.29 is 29.1 Å². The summed E-state index contributed by atoms with van der Waals surface area (Å²) in [6, 6.07) is 0. The number of carbonyl (C=O) groups excluding carboxylic acids is 2. The molecule has 0 saturated carbocycles. The summed E-state index contributed by atoms with van der Waals surface area (Å²) in [5.41, 5.74) is -0.275. The Morgan fingerprint density at radius 3 is 1.77 bits per heavy atom. The van der Waals surface area contributed by atoms with Crippen LogP contribution in [-0.2, 0) is 29.1 Å². The van der Waals surface area contributed by atoms with Crippen molar-refractivity contribution in [2.75, 3.05) is 0 Å². The third-order valence-electron chi connectivity index (χ3n) is 6.53. The Morgan fingerprint density at radius 1 is 0.800 bits per heavy atom. The van der Waals surface area contributed by atoms with Crippen LogP contribution in [0.15, 0.2) is 0 Å². The standard InChI is InChI=1S/C24H44O6/c1-17(2)13-9-10-15-20(23(7,8)19(5)6)21(25)27-28-22(26)24(29-30-24)16-12-11-14-18(3)4/h17-20H,9-16H2,1-8H3. The SMILES string of the molecule is CC(C)CCCCC(C(=O)OOC(=O)C1(CCCCC(C)C)OO1)C(C)(C)C(C)C. The molecule has 1 unspecified atom stereocenters. The van der Waals surface area contributed by atoms with Gasteiger partial charge in [-0.15, -0.1) is 0 Å². The second-order valence-corrected chi connectivity index (χ2v) is 10.5. The second-order valence-electron chi connectivity index (χ2n) is 10.5. The maximum absolute atomic E-state index is 12.8. The molecule has 0 bridgehead atoms. The van der Waals surface area contributed by atoms with Gasteiger partial charge in [-0.05, 0) is 36.0 Å². The molecule has 0 aromatic carbocycles. The smallest absolute Gasteiger partial charge is 0.247 e. The minimum Gasteiger partial charge on any atom is -0.247 e. The van der Waals surface area contributed by atoms with Crippen molar-refractivity contribution in [2.24, 2.45) is 29.1 Å². The predicted octanol–water partition coefficient (Wildman–Crippen LogP) is 6.38. The van der Waals surface area contributed by atoms with E-state index in [4.69, 9.17) is 19.6 Å². The van der Waals surface area contributed by atoms with E-state index in [9.17, 15) is 9.59 Å². The number of unbranched alkanes of at least 4 members (excludes halogenated alkanes) is 2. The maximum Gasteiger partial charge on any atom is 0.420 e. The van der Waals surface area contributed by atoms with Crippen LogP contribution in [0.4, 0.5) is 0 Å². The first-order valence-corrected chi connectivity index (χ1v) is 11.7. The van der Waals surface area contributed by atoms with Crippen LogP contribution in [0, 0.1) is 29.1 Å². The predicted molar refractivity (Wildman–Crippen MR) is 116 cm³/mol. The summed E-state index contributed by atoms with van der Waals surface area (Å²) in [6.45, 7) is 17.0.